The molecular formula is C15H18F2N2O. The van der Waals surface area contributed by atoms with E-state index in [4.69, 9.17) is 4.42 Å². The maximum Gasteiger partial charge on any atom is 0.194 e. The zero-order chi connectivity index (χ0) is 14.5. The summed E-state index contributed by atoms with van der Waals surface area (Å²) in [6.45, 7) is 5.02. The summed E-state index contributed by atoms with van der Waals surface area (Å²) in [5.74, 6) is -0.223. The molecule has 0 bridgehead atoms. The normalized spacial score (nSPS) is 11.2. The highest BCUT2D eigenvalue weighted by Crippen LogP contribution is 2.24. The summed E-state index contributed by atoms with van der Waals surface area (Å²) >= 11 is 0. The van der Waals surface area contributed by atoms with Crippen molar-refractivity contribution < 1.29 is 13.2 Å². The average Bonchev–Trinajstić information content (AvgIpc) is 2.86. The number of halogens is 2. The summed E-state index contributed by atoms with van der Waals surface area (Å²) in [6.07, 6.45) is 2.98. The van der Waals surface area contributed by atoms with Crippen LogP contribution in [0.3, 0.4) is 0 Å². The Balaban J connectivity index is 2.00. The van der Waals surface area contributed by atoms with Crippen LogP contribution in [0.15, 0.2) is 28.8 Å². The quantitative estimate of drug-likeness (QED) is 0.822. The number of aryl methyl sites for hydroxylation is 1. The van der Waals surface area contributed by atoms with Gasteiger partial charge in [-0.15, -0.1) is 0 Å². The molecule has 0 aliphatic carbocycles. The van der Waals surface area contributed by atoms with E-state index in [1.54, 1.807) is 0 Å². The van der Waals surface area contributed by atoms with E-state index in [0.29, 0.717) is 18.4 Å². The Morgan fingerprint density at radius 2 is 2.10 bits per heavy atom. The third-order valence-corrected chi connectivity index (χ3v) is 2.87. The molecule has 0 unspecified atom stereocenters. The monoisotopic (exact) mass is 280 g/mol. The highest BCUT2D eigenvalue weighted by molar-refractivity contribution is 5.57. The number of rotatable bonds is 6. The van der Waals surface area contributed by atoms with Gasteiger partial charge in [0, 0.05) is 12.5 Å². The van der Waals surface area contributed by atoms with Crippen LogP contribution in [-0.2, 0) is 6.42 Å². The van der Waals surface area contributed by atoms with Crippen LogP contribution >= 0.6 is 0 Å². The van der Waals surface area contributed by atoms with Gasteiger partial charge in [0.2, 0.25) is 0 Å². The minimum Gasteiger partial charge on any atom is -0.441 e. The van der Waals surface area contributed by atoms with Crippen LogP contribution in [-0.4, -0.2) is 17.6 Å². The summed E-state index contributed by atoms with van der Waals surface area (Å²) in [5.41, 5.74) is 0.101. The summed E-state index contributed by atoms with van der Waals surface area (Å²) in [6, 6.07) is 3.71. The van der Waals surface area contributed by atoms with Crippen molar-refractivity contribution in [3.63, 3.8) is 0 Å². The smallest absolute Gasteiger partial charge is 0.194 e. The number of aromatic nitrogens is 1. The van der Waals surface area contributed by atoms with Gasteiger partial charge >= 0.3 is 0 Å². The van der Waals surface area contributed by atoms with Crippen LogP contribution in [0, 0.1) is 11.6 Å². The van der Waals surface area contributed by atoms with Crippen LogP contribution in [0.1, 0.15) is 26.2 Å². The van der Waals surface area contributed by atoms with Crippen molar-refractivity contribution >= 4 is 0 Å². The van der Waals surface area contributed by atoms with Crippen LogP contribution in [0.5, 0.6) is 0 Å². The van der Waals surface area contributed by atoms with Crippen LogP contribution in [0.25, 0.3) is 11.3 Å². The zero-order valence-corrected chi connectivity index (χ0v) is 11.6. The van der Waals surface area contributed by atoms with E-state index >= 15 is 0 Å². The molecule has 0 fully saturated rings. The number of nitrogens with one attached hydrogen (secondary N) is 1. The fourth-order valence-corrected chi connectivity index (χ4v) is 1.87. The van der Waals surface area contributed by atoms with E-state index in [2.05, 4.69) is 24.1 Å². The first-order valence-electron chi connectivity index (χ1n) is 6.70. The maximum absolute atomic E-state index is 13.6. The first-order valence-corrected chi connectivity index (χ1v) is 6.70. The molecule has 0 spiro atoms. The Morgan fingerprint density at radius 1 is 1.30 bits per heavy atom. The standard InChI is InChI=1S/C15H18F2N2O/c1-10(2)18-7-3-4-15-19-9-14(20-15)12-8-11(16)5-6-13(12)17/h5-6,8-10,18H,3-4,7H2,1-2H3. The number of benzene rings is 1. The molecule has 3 nitrogen and oxygen atoms in total. The lowest BCUT2D eigenvalue weighted by atomic mass is 10.2. The first kappa shape index (κ1) is 14.7. The molecule has 1 aromatic carbocycles. The SMILES string of the molecule is CC(C)NCCCc1ncc(-c2cc(F)ccc2F)o1. The number of hydrogen-bond donors (Lipinski definition) is 1. The Hall–Kier alpha value is -1.75. The van der Waals surface area contributed by atoms with Gasteiger partial charge in [-0.25, -0.2) is 13.8 Å². The fourth-order valence-electron chi connectivity index (χ4n) is 1.87. The van der Waals surface area contributed by atoms with Crippen molar-refractivity contribution in [3.05, 3.63) is 41.9 Å². The van der Waals surface area contributed by atoms with E-state index in [0.717, 1.165) is 31.2 Å². The van der Waals surface area contributed by atoms with Gasteiger partial charge in [-0.1, -0.05) is 13.8 Å². The van der Waals surface area contributed by atoms with Gasteiger partial charge in [-0.3, -0.25) is 0 Å². The molecule has 5 heteroatoms. The van der Waals surface area contributed by atoms with Gasteiger partial charge in [-0.05, 0) is 31.2 Å². The first-order chi connectivity index (χ1) is 9.56. The lowest BCUT2D eigenvalue weighted by molar-refractivity contribution is 0.481. The fraction of sp³-hybridized carbons (Fsp3) is 0.400. The minimum absolute atomic E-state index is 0.101. The molecule has 2 aromatic rings. The van der Waals surface area contributed by atoms with Crippen LogP contribution in [0.2, 0.25) is 0 Å². The van der Waals surface area contributed by atoms with E-state index in [1.165, 1.54) is 6.20 Å². The second kappa shape index (κ2) is 6.61. The Kier molecular flexibility index (Phi) is 4.84. The van der Waals surface area contributed by atoms with Gasteiger partial charge in [0.25, 0.3) is 0 Å². The summed E-state index contributed by atoms with van der Waals surface area (Å²) in [7, 11) is 0. The van der Waals surface area contributed by atoms with E-state index in [1.807, 2.05) is 0 Å². The van der Waals surface area contributed by atoms with Gasteiger partial charge in [0.1, 0.15) is 11.6 Å². The molecule has 0 saturated heterocycles. The van der Waals surface area contributed by atoms with Gasteiger partial charge in [0.05, 0.1) is 11.8 Å². The van der Waals surface area contributed by atoms with Crippen molar-refractivity contribution in [1.82, 2.24) is 10.3 Å². The van der Waals surface area contributed by atoms with Crippen molar-refractivity contribution in [3.8, 4) is 11.3 Å². The van der Waals surface area contributed by atoms with Crippen molar-refractivity contribution in [1.29, 1.82) is 0 Å². The summed E-state index contributed by atoms with van der Waals surface area (Å²) < 4.78 is 32.2. The van der Waals surface area contributed by atoms with Crippen molar-refractivity contribution in [2.75, 3.05) is 6.54 Å². The van der Waals surface area contributed by atoms with Gasteiger partial charge in [0.15, 0.2) is 11.7 Å². The van der Waals surface area contributed by atoms with Crippen molar-refractivity contribution in [2.24, 2.45) is 0 Å². The number of nitrogens with zero attached hydrogens (tertiary/aromatic N) is 1. The molecule has 108 valence electrons. The molecule has 20 heavy (non-hydrogen) atoms. The maximum atomic E-state index is 13.6. The molecule has 0 amide bonds. The molecule has 0 aliphatic rings. The Bertz CT molecular complexity index is 567. The highest BCUT2D eigenvalue weighted by atomic mass is 19.1. The predicted octanol–water partition coefficient (Wildman–Crippen LogP) is 3.55. The molecule has 0 aliphatic heterocycles. The van der Waals surface area contributed by atoms with Crippen LogP contribution in [0.4, 0.5) is 8.78 Å². The zero-order valence-electron chi connectivity index (χ0n) is 11.6. The predicted molar refractivity (Wildman–Crippen MR) is 73.3 cm³/mol. The van der Waals surface area contributed by atoms with Crippen molar-refractivity contribution in [2.45, 2.75) is 32.7 Å². The molecule has 2 rings (SSSR count). The lowest BCUT2D eigenvalue weighted by Crippen LogP contribution is -2.23. The van der Waals surface area contributed by atoms with Crippen LogP contribution < -0.4 is 5.32 Å². The average molecular weight is 280 g/mol. The molecule has 0 radical (unpaired) electrons. The minimum atomic E-state index is -0.518. The Morgan fingerprint density at radius 3 is 2.85 bits per heavy atom. The summed E-state index contributed by atoms with van der Waals surface area (Å²) in [5, 5.41) is 3.29. The molecule has 1 heterocycles. The molecule has 0 atom stereocenters. The lowest BCUT2D eigenvalue weighted by Gasteiger charge is -2.05. The Labute approximate surface area is 117 Å². The largest absolute Gasteiger partial charge is 0.441 e. The van der Waals surface area contributed by atoms with E-state index < -0.39 is 11.6 Å². The topological polar surface area (TPSA) is 38.1 Å². The third kappa shape index (κ3) is 3.87. The molecule has 1 N–H and O–H groups in total. The highest BCUT2D eigenvalue weighted by Gasteiger charge is 2.12. The van der Waals surface area contributed by atoms with E-state index in [-0.39, 0.29) is 11.3 Å². The molecule has 0 saturated carbocycles. The summed E-state index contributed by atoms with van der Waals surface area (Å²) in [4.78, 5) is 4.10. The number of oxazole rings is 1. The van der Waals surface area contributed by atoms with E-state index in [9.17, 15) is 8.78 Å². The molecule has 1 aromatic heterocycles. The van der Waals surface area contributed by atoms with Gasteiger partial charge < -0.3 is 9.73 Å². The third-order valence-electron chi connectivity index (χ3n) is 2.87. The molecular weight excluding hydrogens is 262 g/mol. The van der Waals surface area contributed by atoms with Gasteiger partial charge in [-0.2, -0.15) is 0 Å². The second-order valence-corrected chi connectivity index (χ2v) is 4.95. The number of hydrogen-bond acceptors (Lipinski definition) is 3. The second-order valence-electron chi connectivity index (χ2n) is 4.95.